The van der Waals surface area contributed by atoms with Gasteiger partial charge in [0.05, 0.1) is 18.3 Å². The zero-order valence-corrected chi connectivity index (χ0v) is 22.2. The molecular formula is C29H32FN7O2. The number of H-pyrrole nitrogens is 1. The van der Waals surface area contributed by atoms with Crippen molar-refractivity contribution in [3.8, 4) is 22.4 Å². The van der Waals surface area contributed by atoms with Gasteiger partial charge in [0.2, 0.25) is 0 Å². The van der Waals surface area contributed by atoms with E-state index in [0.717, 1.165) is 40.2 Å². The zero-order chi connectivity index (χ0) is 27.4. The number of aromatic nitrogens is 4. The Morgan fingerprint density at radius 2 is 1.92 bits per heavy atom. The molecule has 2 atom stereocenters. The first kappa shape index (κ1) is 26.5. The van der Waals surface area contributed by atoms with Crippen molar-refractivity contribution < 1.29 is 13.9 Å². The van der Waals surface area contributed by atoms with E-state index in [4.69, 9.17) is 4.74 Å². The van der Waals surface area contributed by atoms with Crippen LogP contribution >= 0.6 is 0 Å². The number of benzene rings is 2. The minimum Gasteiger partial charge on any atom is -0.383 e. The highest BCUT2D eigenvalue weighted by atomic mass is 19.1. The fourth-order valence-corrected chi connectivity index (χ4v) is 4.99. The van der Waals surface area contributed by atoms with Crippen LogP contribution in [0.4, 0.5) is 15.0 Å². The number of rotatable bonds is 8. The molecule has 0 saturated carbocycles. The van der Waals surface area contributed by atoms with E-state index in [1.165, 1.54) is 12.1 Å². The first-order valence-electron chi connectivity index (χ1n) is 12.9. The molecule has 1 fully saturated rings. The quantitative estimate of drug-likeness (QED) is 0.310. The van der Waals surface area contributed by atoms with Crippen molar-refractivity contribution in [3.63, 3.8) is 0 Å². The molecule has 1 aliphatic rings. The second-order valence-corrected chi connectivity index (χ2v) is 9.83. The Hall–Kier alpha value is -4.15. The minimum atomic E-state index is -0.355. The van der Waals surface area contributed by atoms with Crippen molar-refractivity contribution in [3.05, 3.63) is 83.7 Å². The summed E-state index contributed by atoms with van der Waals surface area (Å²) in [5.74, 6) is 0.860. The molecule has 1 saturated heterocycles. The molecule has 0 unspecified atom stereocenters. The molecule has 3 heterocycles. The van der Waals surface area contributed by atoms with Gasteiger partial charge in [0.15, 0.2) is 0 Å². The van der Waals surface area contributed by atoms with Gasteiger partial charge in [0.1, 0.15) is 17.5 Å². The van der Waals surface area contributed by atoms with Crippen LogP contribution < -0.4 is 10.6 Å². The number of aryl methyl sites for hydroxylation is 2. The minimum absolute atomic E-state index is 0.0441. The topological polar surface area (TPSA) is 108 Å². The van der Waals surface area contributed by atoms with Crippen LogP contribution in [0.1, 0.15) is 22.9 Å². The number of carbonyl (C=O) groups excluding carboxylic acids is 1. The molecule has 9 nitrogen and oxygen atoms in total. The number of anilines is 1. The SMILES string of the molecule is COCCN1C[C@@H](NC(=O)Nc2cc(-c3ccc(C)c(-c4cnc(C)nc4)c3)n[nH]2)[C@H](c2cccc(F)c2)C1. The second-order valence-electron chi connectivity index (χ2n) is 9.83. The standard InChI is InChI=1S/C29H32FN7O2/c1-18-7-8-21(12-24(18)22-14-31-19(2)32-15-22)26-13-28(36-35-26)34-29(38)33-27-17-37(9-10-39-3)16-25(27)20-5-4-6-23(30)11-20/h4-8,11-15,25,27H,9-10,16-17H2,1-3H3,(H3,33,34,35,36,38)/t25-,27+/m0/s1. The molecule has 0 aliphatic carbocycles. The summed E-state index contributed by atoms with van der Waals surface area (Å²) in [5.41, 5.74) is 5.50. The second kappa shape index (κ2) is 11.7. The fraction of sp³-hybridized carbons (Fsp3) is 0.310. The maximum Gasteiger partial charge on any atom is 0.320 e. The first-order valence-corrected chi connectivity index (χ1v) is 12.9. The molecule has 3 N–H and O–H groups in total. The molecule has 0 radical (unpaired) electrons. The average Bonchev–Trinajstić information content (AvgIpc) is 3.55. The number of carbonyl (C=O) groups is 1. The van der Waals surface area contributed by atoms with Crippen LogP contribution in [0.25, 0.3) is 22.4 Å². The third-order valence-corrected chi connectivity index (χ3v) is 7.05. The van der Waals surface area contributed by atoms with Crippen molar-refractivity contribution in [1.82, 2.24) is 30.4 Å². The van der Waals surface area contributed by atoms with E-state index < -0.39 is 0 Å². The molecule has 2 aromatic carbocycles. The van der Waals surface area contributed by atoms with Crippen LogP contribution in [-0.2, 0) is 4.74 Å². The Balaban J connectivity index is 1.28. The number of aromatic amines is 1. The van der Waals surface area contributed by atoms with E-state index >= 15 is 0 Å². The summed E-state index contributed by atoms with van der Waals surface area (Å²) in [6.07, 6.45) is 3.62. The van der Waals surface area contributed by atoms with Gasteiger partial charge in [-0.1, -0.05) is 24.3 Å². The maximum absolute atomic E-state index is 13.9. The average molecular weight is 530 g/mol. The Bertz CT molecular complexity index is 1440. The molecule has 5 rings (SSSR count). The summed E-state index contributed by atoms with van der Waals surface area (Å²) in [6, 6.07) is 13.9. The van der Waals surface area contributed by atoms with Crippen LogP contribution in [-0.4, -0.2) is 70.5 Å². The molecule has 39 heavy (non-hydrogen) atoms. The lowest BCUT2D eigenvalue weighted by Crippen LogP contribution is -2.42. The Kier molecular flexibility index (Phi) is 7.94. The van der Waals surface area contributed by atoms with Gasteiger partial charge in [-0.2, -0.15) is 5.10 Å². The lowest BCUT2D eigenvalue weighted by molar-refractivity contribution is 0.159. The maximum atomic E-state index is 13.9. The molecule has 4 aromatic rings. The molecule has 0 bridgehead atoms. The van der Waals surface area contributed by atoms with Gasteiger partial charge in [-0.05, 0) is 48.7 Å². The molecule has 202 valence electrons. The monoisotopic (exact) mass is 529 g/mol. The number of likely N-dealkylation sites (tertiary alicyclic amines) is 1. The van der Waals surface area contributed by atoms with Gasteiger partial charge in [0, 0.05) is 62.2 Å². The number of hydrogen-bond donors (Lipinski definition) is 3. The summed E-state index contributed by atoms with van der Waals surface area (Å²) in [5, 5.41) is 13.2. The van der Waals surface area contributed by atoms with Crippen LogP contribution in [0.15, 0.2) is 60.9 Å². The van der Waals surface area contributed by atoms with Crippen LogP contribution in [0, 0.1) is 19.7 Å². The van der Waals surface area contributed by atoms with E-state index in [-0.39, 0.29) is 23.8 Å². The van der Waals surface area contributed by atoms with Crippen molar-refractivity contribution >= 4 is 11.8 Å². The Labute approximate surface area is 226 Å². The van der Waals surface area contributed by atoms with Gasteiger partial charge < -0.3 is 10.1 Å². The zero-order valence-electron chi connectivity index (χ0n) is 22.2. The van der Waals surface area contributed by atoms with Crippen LogP contribution in [0.3, 0.4) is 0 Å². The Morgan fingerprint density at radius 3 is 2.69 bits per heavy atom. The van der Waals surface area contributed by atoms with E-state index in [1.807, 2.05) is 50.5 Å². The number of nitrogens with one attached hydrogen (secondary N) is 3. The third kappa shape index (κ3) is 6.30. The largest absolute Gasteiger partial charge is 0.383 e. The number of halogens is 1. The van der Waals surface area contributed by atoms with E-state index in [0.29, 0.717) is 31.2 Å². The highest BCUT2D eigenvalue weighted by Gasteiger charge is 2.35. The number of hydrogen-bond acceptors (Lipinski definition) is 6. The summed E-state index contributed by atoms with van der Waals surface area (Å²) in [6.45, 7) is 6.56. The Morgan fingerprint density at radius 1 is 1.10 bits per heavy atom. The summed E-state index contributed by atoms with van der Waals surface area (Å²) in [4.78, 5) is 23.8. The third-order valence-electron chi connectivity index (χ3n) is 7.05. The van der Waals surface area contributed by atoms with Gasteiger partial charge in [-0.3, -0.25) is 15.3 Å². The van der Waals surface area contributed by atoms with Gasteiger partial charge >= 0.3 is 6.03 Å². The smallest absolute Gasteiger partial charge is 0.320 e. The number of urea groups is 1. The van der Waals surface area contributed by atoms with E-state index in [2.05, 4.69) is 35.7 Å². The predicted octanol–water partition coefficient (Wildman–Crippen LogP) is 4.53. The van der Waals surface area contributed by atoms with E-state index in [1.54, 1.807) is 19.2 Å². The number of ether oxygens (including phenoxy) is 1. The van der Waals surface area contributed by atoms with Gasteiger partial charge in [0.25, 0.3) is 0 Å². The highest BCUT2D eigenvalue weighted by molar-refractivity contribution is 5.89. The van der Waals surface area contributed by atoms with Crippen molar-refractivity contribution in [2.45, 2.75) is 25.8 Å². The lowest BCUT2D eigenvalue weighted by Gasteiger charge is -2.20. The van der Waals surface area contributed by atoms with Crippen LogP contribution in [0.5, 0.6) is 0 Å². The van der Waals surface area contributed by atoms with Gasteiger partial charge in [-0.25, -0.2) is 19.2 Å². The highest BCUT2D eigenvalue weighted by Crippen LogP contribution is 2.30. The summed E-state index contributed by atoms with van der Waals surface area (Å²) in [7, 11) is 1.66. The van der Waals surface area contributed by atoms with Crippen LogP contribution in [0.2, 0.25) is 0 Å². The lowest BCUT2D eigenvalue weighted by atomic mass is 9.94. The van der Waals surface area contributed by atoms with Gasteiger partial charge in [-0.15, -0.1) is 0 Å². The normalized spacial score (nSPS) is 17.3. The molecular weight excluding hydrogens is 497 g/mol. The number of nitrogens with zero attached hydrogens (tertiary/aromatic N) is 4. The predicted molar refractivity (Wildman–Crippen MR) is 148 cm³/mol. The molecule has 1 aliphatic heterocycles. The number of amides is 2. The summed E-state index contributed by atoms with van der Waals surface area (Å²) >= 11 is 0. The van der Waals surface area contributed by atoms with Crippen molar-refractivity contribution in [2.24, 2.45) is 0 Å². The molecule has 2 aromatic heterocycles. The molecule has 2 amide bonds. The van der Waals surface area contributed by atoms with Crippen molar-refractivity contribution in [2.75, 3.05) is 38.7 Å². The number of methoxy groups -OCH3 is 1. The van der Waals surface area contributed by atoms with Crippen molar-refractivity contribution in [1.29, 1.82) is 0 Å². The van der Waals surface area contributed by atoms with E-state index in [9.17, 15) is 9.18 Å². The molecule has 0 spiro atoms. The fourth-order valence-electron chi connectivity index (χ4n) is 4.99. The summed E-state index contributed by atoms with van der Waals surface area (Å²) < 4.78 is 19.2. The molecule has 10 heteroatoms. The first-order chi connectivity index (χ1) is 18.9.